The van der Waals surface area contributed by atoms with Crippen molar-refractivity contribution in [3.8, 4) is 0 Å². The van der Waals surface area contributed by atoms with E-state index in [2.05, 4.69) is 5.32 Å². The summed E-state index contributed by atoms with van der Waals surface area (Å²) in [5, 5.41) is 3.20. The van der Waals surface area contributed by atoms with Crippen molar-refractivity contribution in [3.63, 3.8) is 0 Å². The second-order valence-electron chi connectivity index (χ2n) is 6.65. The predicted molar refractivity (Wildman–Crippen MR) is 101 cm³/mol. The number of nitrogens with zero attached hydrogens (tertiary/aromatic N) is 2. The fourth-order valence-corrected chi connectivity index (χ4v) is 4.95. The van der Waals surface area contributed by atoms with Gasteiger partial charge in [-0.2, -0.15) is 4.31 Å². The molecule has 146 valence electrons. The standard InChI is InChI=1S/C17H25N3O4S.ClH/c1-13-11-20(12-14(2)24-13)25(22,23)16-5-3-4-15(10-16)17(21)19-8-6-18-7-9-19;/h3-5,10,13-14,18H,6-9,11-12H2,1-2H3;1H. The Morgan fingerprint density at radius 2 is 1.77 bits per heavy atom. The maximum absolute atomic E-state index is 13.0. The van der Waals surface area contributed by atoms with Gasteiger partial charge >= 0.3 is 0 Å². The number of benzene rings is 1. The van der Waals surface area contributed by atoms with E-state index in [1.807, 2.05) is 13.8 Å². The number of amides is 1. The maximum atomic E-state index is 13.0. The van der Waals surface area contributed by atoms with E-state index < -0.39 is 10.0 Å². The molecule has 1 aromatic carbocycles. The minimum atomic E-state index is -3.64. The van der Waals surface area contributed by atoms with E-state index in [1.165, 1.54) is 10.4 Å². The van der Waals surface area contributed by atoms with Gasteiger partial charge in [-0.25, -0.2) is 8.42 Å². The number of hydrogen-bond acceptors (Lipinski definition) is 5. The minimum Gasteiger partial charge on any atom is -0.373 e. The van der Waals surface area contributed by atoms with Crippen LogP contribution >= 0.6 is 12.4 Å². The third-order valence-electron chi connectivity index (χ3n) is 4.51. The first kappa shape index (κ1) is 21.1. The van der Waals surface area contributed by atoms with Crippen LogP contribution in [0.25, 0.3) is 0 Å². The summed E-state index contributed by atoms with van der Waals surface area (Å²) in [4.78, 5) is 14.5. The van der Waals surface area contributed by atoms with E-state index in [1.54, 1.807) is 23.1 Å². The van der Waals surface area contributed by atoms with Gasteiger partial charge in [0, 0.05) is 44.8 Å². The molecule has 3 rings (SSSR count). The van der Waals surface area contributed by atoms with Crippen LogP contribution in [0.5, 0.6) is 0 Å². The molecule has 1 aromatic rings. The van der Waals surface area contributed by atoms with Gasteiger partial charge < -0.3 is 15.0 Å². The highest BCUT2D eigenvalue weighted by atomic mass is 35.5. The summed E-state index contributed by atoms with van der Waals surface area (Å²) in [6.45, 7) is 7.15. The Bertz CT molecular complexity index is 727. The van der Waals surface area contributed by atoms with Gasteiger partial charge in [-0.05, 0) is 32.0 Å². The monoisotopic (exact) mass is 403 g/mol. The summed E-state index contributed by atoms with van der Waals surface area (Å²) >= 11 is 0. The lowest BCUT2D eigenvalue weighted by Crippen LogP contribution is -2.48. The molecule has 2 saturated heterocycles. The third kappa shape index (κ3) is 4.55. The molecule has 0 bridgehead atoms. The van der Waals surface area contributed by atoms with Gasteiger partial charge in [0.1, 0.15) is 0 Å². The number of ether oxygens (including phenoxy) is 1. The topological polar surface area (TPSA) is 79.0 Å². The average molecular weight is 404 g/mol. The molecule has 0 radical (unpaired) electrons. The number of carbonyl (C=O) groups is 1. The molecule has 0 aromatic heterocycles. The summed E-state index contributed by atoms with van der Waals surface area (Å²) in [6, 6.07) is 6.35. The van der Waals surface area contributed by atoms with Crippen molar-refractivity contribution in [2.75, 3.05) is 39.3 Å². The van der Waals surface area contributed by atoms with Crippen LogP contribution in [0.4, 0.5) is 0 Å². The first-order valence-corrected chi connectivity index (χ1v) is 10.1. The number of nitrogens with one attached hydrogen (secondary N) is 1. The van der Waals surface area contributed by atoms with Gasteiger partial charge in [-0.15, -0.1) is 12.4 Å². The zero-order chi connectivity index (χ0) is 18.0. The van der Waals surface area contributed by atoms with E-state index in [-0.39, 0.29) is 35.4 Å². The molecule has 26 heavy (non-hydrogen) atoms. The lowest BCUT2D eigenvalue weighted by atomic mass is 10.2. The van der Waals surface area contributed by atoms with E-state index in [0.717, 1.165) is 13.1 Å². The smallest absolute Gasteiger partial charge is 0.253 e. The highest BCUT2D eigenvalue weighted by Gasteiger charge is 2.32. The summed E-state index contributed by atoms with van der Waals surface area (Å²) in [5.74, 6) is -0.123. The fourth-order valence-electron chi connectivity index (χ4n) is 3.32. The Hall–Kier alpha value is -1.19. The number of halogens is 1. The molecule has 9 heteroatoms. The zero-order valence-corrected chi connectivity index (χ0v) is 16.7. The summed E-state index contributed by atoms with van der Waals surface area (Å²) in [5.41, 5.74) is 0.414. The largest absolute Gasteiger partial charge is 0.373 e. The van der Waals surface area contributed by atoms with Crippen molar-refractivity contribution >= 4 is 28.3 Å². The second-order valence-corrected chi connectivity index (χ2v) is 8.59. The second kappa shape index (κ2) is 8.67. The first-order chi connectivity index (χ1) is 11.9. The molecule has 2 unspecified atom stereocenters. The lowest BCUT2D eigenvalue weighted by molar-refractivity contribution is -0.0440. The van der Waals surface area contributed by atoms with Crippen LogP contribution in [0.2, 0.25) is 0 Å². The van der Waals surface area contributed by atoms with Gasteiger partial charge in [-0.3, -0.25) is 4.79 Å². The normalized spacial score (nSPS) is 24.8. The quantitative estimate of drug-likeness (QED) is 0.813. The average Bonchev–Trinajstić information content (AvgIpc) is 2.61. The number of rotatable bonds is 3. The van der Waals surface area contributed by atoms with Crippen LogP contribution in [-0.2, 0) is 14.8 Å². The van der Waals surface area contributed by atoms with E-state index in [4.69, 9.17) is 4.74 Å². The van der Waals surface area contributed by atoms with Gasteiger partial charge in [-0.1, -0.05) is 6.07 Å². The highest BCUT2D eigenvalue weighted by molar-refractivity contribution is 7.89. The van der Waals surface area contributed by atoms with Crippen molar-refractivity contribution < 1.29 is 17.9 Å². The van der Waals surface area contributed by atoms with Crippen LogP contribution < -0.4 is 5.32 Å². The molecule has 0 spiro atoms. The maximum Gasteiger partial charge on any atom is 0.253 e. The van der Waals surface area contributed by atoms with E-state index >= 15 is 0 Å². The number of morpholine rings is 1. The van der Waals surface area contributed by atoms with Gasteiger partial charge in [0.2, 0.25) is 10.0 Å². The Morgan fingerprint density at radius 3 is 2.38 bits per heavy atom. The van der Waals surface area contributed by atoms with Crippen molar-refractivity contribution in [3.05, 3.63) is 29.8 Å². The summed E-state index contributed by atoms with van der Waals surface area (Å²) in [7, 11) is -3.64. The van der Waals surface area contributed by atoms with E-state index in [0.29, 0.717) is 31.7 Å². The van der Waals surface area contributed by atoms with Crippen LogP contribution in [0.3, 0.4) is 0 Å². The van der Waals surface area contributed by atoms with Gasteiger partial charge in [0.25, 0.3) is 5.91 Å². The Balaban J connectivity index is 0.00000243. The van der Waals surface area contributed by atoms with Gasteiger partial charge in [0.15, 0.2) is 0 Å². The predicted octanol–water partition coefficient (Wildman–Crippen LogP) is 0.952. The molecule has 1 amide bonds. The Kier molecular flexibility index (Phi) is 7.04. The van der Waals surface area contributed by atoms with Crippen LogP contribution in [0.15, 0.2) is 29.2 Å². The first-order valence-electron chi connectivity index (χ1n) is 8.63. The number of carbonyl (C=O) groups excluding carboxylic acids is 1. The van der Waals surface area contributed by atoms with Crippen molar-refractivity contribution in [1.82, 2.24) is 14.5 Å². The number of piperazine rings is 1. The highest BCUT2D eigenvalue weighted by Crippen LogP contribution is 2.22. The number of hydrogen-bond donors (Lipinski definition) is 1. The minimum absolute atomic E-state index is 0. The lowest BCUT2D eigenvalue weighted by Gasteiger charge is -2.34. The summed E-state index contributed by atoms with van der Waals surface area (Å²) < 4.78 is 33.0. The number of sulfonamides is 1. The molecular weight excluding hydrogens is 378 g/mol. The van der Waals surface area contributed by atoms with Crippen LogP contribution in [0, 0.1) is 0 Å². The van der Waals surface area contributed by atoms with Crippen LogP contribution in [0.1, 0.15) is 24.2 Å². The SMILES string of the molecule is CC1CN(S(=O)(=O)c2cccc(C(=O)N3CCNCC3)c2)CC(C)O1.Cl. The third-order valence-corrected chi connectivity index (χ3v) is 6.34. The molecule has 2 aliphatic rings. The summed E-state index contributed by atoms with van der Waals surface area (Å²) in [6.07, 6.45) is -0.298. The van der Waals surface area contributed by atoms with Crippen molar-refractivity contribution in [2.45, 2.75) is 31.0 Å². The van der Waals surface area contributed by atoms with E-state index in [9.17, 15) is 13.2 Å². The molecule has 2 atom stereocenters. The van der Waals surface area contributed by atoms with Crippen LogP contribution in [-0.4, -0.2) is 75.0 Å². The Labute approximate surface area is 161 Å². The molecule has 1 N–H and O–H groups in total. The molecular formula is C17H26ClN3O4S. The molecule has 2 heterocycles. The molecule has 2 aliphatic heterocycles. The molecule has 0 saturated carbocycles. The van der Waals surface area contributed by atoms with Crippen molar-refractivity contribution in [2.24, 2.45) is 0 Å². The fraction of sp³-hybridized carbons (Fsp3) is 0.588. The molecule has 0 aliphatic carbocycles. The molecule has 2 fully saturated rings. The van der Waals surface area contributed by atoms with Gasteiger partial charge in [0.05, 0.1) is 17.1 Å². The Morgan fingerprint density at radius 1 is 1.15 bits per heavy atom. The van der Waals surface area contributed by atoms with Crippen molar-refractivity contribution in [1.29, 1.82) is 0 Å². The zero-order valence-electron chi connectivity index (χ0n) is 15.1. The molecule has 7 nitrogen and oxygen atoms in total.